The molecular formula is C17H16CuN2O3. The van der Waals surface area contributed by atoms with Gasteiger partial charge in [-0.25, -0.2) is 0 Å². The van der Waals surface area contributed by atoms with Gasteiger partial charge in [0.1, 0.15) is 0 Å². The van der Waals surface area contributed by atoms with Gasteiger partial charge in [-0.3, -0.25) is 9.98 Å². The molecule has 0 spiro atoms. The van der Waals surface area contributed by atoms with Gasteiger partial charge in [-0.05, 0) is 11.1 Å². The number of aliphatic imine (C=N–C) groups is 2. The molecule has 0 saturated heterocycles. The standard InChI is InChI=1S/C17H18N2O3.Cu/c20-15(11-18-9-13-5-1-3-7-16(13)21)12-19-10-14-6-2-4-8-17(14)22;/h1-10,15,20-22H,11-12H2;/q;+2/p-2. The summed E-state index contributed by atoms with van der Waals surface area (Å²) in [5, 5.41) is 32.7. The fourth-order valence-corrected chi connectivity index (χ4v) is 1.78. The minimum atomic E-state index is -0.759. The molecule has 5 nitrogen and oxygen atoms in total. The van der Waals surface area contributed by atoms with Crippen LogP contribution >= 0.6 is 0 Å². The van der Waals surface area contributed by atoms with Gasteiger partial charge in [-0.15, -0.1) is 11.5 Å². The van der Waals surface area contributed by atoms with Crippen molar-refractivity contribution in [3.8, 4) is 11.5 Å². The Morgan fingerprint density at radius 2 is 1.22 bits per heavy atom. The number of hydrogen-bond donors (Lipinski definition) is 1. The van der Waals surface area contributed by atoms with Crippen molar-refractivity contribution in [3.05, 3.63) is 59.7 Å². The van der Waals surface area contributed by atoms with Gasteiger partial charge in [0.25, 0.3) is 0 Å². The number of aliphatic hydroxyl groups is 1. The molecule has 0 unspecified atom stereocenters. The number of para-hydroxylation sites is 2. The Morgan fingerprint density at radius 3 is 1.61 bits per heavy atom. The maximum atomic E-state index is 11.4. The third-order valence-electron chi connectivity index (χ3n) is 2.93. The topological polar surface area (TPSA) is 91.1 Å². The Kier molecular flexibility index (Phi) is 8.05. The molecule has 0 heterocycles. The largest absolute Gasteiger partial charge is 2.00 e. The molecule has 0 aliphatic carbocycles. The first-order valence-corrected chi connectivity index (χ1v) is 6.86. The number of benzene rings is 2. The normalized spacial score (nSPS) is 12.4. The summed E-state index contributed by atoms with van der Waals surface area (Å²) in [5.74, 6) is -0.211. The van der Waals surface area contributed by atoms with Crippen LogP contribution in [0.25, 0.3) is 0 Å². The van der Waals surface area contributed by atoms with E-state index in [4.69, 9.17) is 0 Å². The molecule has 0 fully saturated rings. The van der Waals surface area contributed by atoms with Crippen molar-refractivity contribution >= 4 is 12.4 Å². The van der Waals surface area contributed by atoms with Crippen molar-refractivity contribution in [3.63, 3.8) is 0 Å². The van der Waals surface area contributed by atoms with Crippen molar-refractivity contribution in [1.29, 1.82) is 0 Å². The average Bonchev–Trinajstić information content (AvgIpc) is 2.51. The second-order valence-electron chi connectivity index (χ2n) is 4.72. The first kappa shape index (κ1) is 18.9. The van der Waals surface area contributed by atoms with E-state index in [1.807, 2.05) is 0 Å². The Hall–Kier alpha value is -2.14. The van der Waals surface area contributed by atoms with Gasteiger partial charge >= 0.3 is 17.1 Å². The van der Waals surface area contributed by atoms with Crippen LogP contribution in [0.15, 0.2) is 58.5 Å². The third kappa shape index (κ3) is 6.24. The van der Waals surface area contributed by atoms with E-state index in [1.165, 1.54) is 24.6 Å². The SMILES string of the molecule is [Cu+2].[O-]c1ccccc1C=NCC(O)CN=Cc1ccccc1[O-]. The van der Waals surface area contributed by atoms with E-state index >= 15 is 0 Å². The summed E-state index contributed by atoms with van der Waals surface area (Å²) in [5.41, 5.74) is 0.969. The summed E-state index contributed by atoms with van der Waals surface area (Å²) >= 11 is 0. The van der Waals surface area contributed by atoms with Crippen LogP contribution < -0.4 is 10.2 Å². The molecule has 0 aliphatic rings. The third-order valence-corrected chi connectivity index (χ3v) is 2.93. The number of hydrogen-bond acceptors (Lipinski definition) is 5. The zero-order valence-electron chi connectivity index (χ0n) is 12.2. The summed E-state index contributed by atoms with van der Waals surface area (Å²) in [4.78, 5) is 8.07. The van der Waals surface area contributed by atoms with Crippen LogP contribution in [0.4, 0.5) is 0 Å². The van der Waals surface area contributed by atoms with Gasteiger partial charge in [-0.1, -0.05) is 48.5 Å². The van der Waals surface area contributed by atoms with Gasteiger partial charge < -0.3 is 15.3 Å². The molecule has 0 saturated carbocycles. The molecule has 0 bridgehead atoms. The number of rotatable bonds is 6. The molecule has 2 aromatic rings. The molecule has 23 heavy (non-hydrogen) atoms. The predicted octanol–water partition coefficient (Wildman–Crippen LogP) is 0.730. The van der Waals surface area contributed by atoms with Crippen LogP contribution in [0.1, 0.15) is 11.1 Å². The fraction of sp³-hybridized carbons (Fsp3) is 0.176. The summed E-state index contributed by atoms with van der Waals surface area (Å²) in [7, 11) is 0. The van der Waals surface area contributed by atoms with Crippen molar-refractivity contribution in [1.82, 2.24) is 0 Å². The van der Waals surface area contributed by atoms with E-state index < -0.39 is 6.10 Å². The Bertz CT molecular complexity index is 617. The fourth-order valence-electron chi connectivity index (χ4n) is 1.78. The molecule has 2 rings (SSSR count). The number of aliphatic hydroxyl groups excluding tert-OH is 1. The van der Waals surface area contributed by atoms with Crippen LogP contribution in [-0.4, -0.2) is 36.7 Å². The summed E-state index contributed by atoms with van der Waals surface area (Å²) < 4.78 is 0. The summed E-state index contributed by atoms with van der Waals surface area (Å²) in [6.45, 7) is 0.287. The van der Waals surface area contributed by atoms with Crippen LogP contribution in [0.5, 0.6) is 11.5 Å². The Morgan fingerprint density at radius 1 is 0.826 bits per heavy atom. The monoisotopic (exact) mass is 359 g/mol. The zero-order valence-corrected chi connectivity index (χ0v) is 13.2. The van der Waals surface area contributed by atoms with E-state index in [-0.39, 0.29) is 41.7 Å². The molecule has 0 amide bonds. The van der Waals surface area contributed by atoms with E-state index in [9.17, 15) is 15.3 Å². The van der Waals surface area contributed by atoms with Gasteiger partial charge in [-0.2, -0.15) is 0 Å². The minimum absolute atomic E-state index is 0. The molecule has 0 aromatic heterocycles. The number of nitrogens with zero attached hydrogens (tertiary/aromatic N) is 2. The van der Waals surface area contributed by atoms with E-state index in [1.54, 1.807) is 36.4 Å². The molecule has 2 aromatic carbocycles. The maximum Gasteiger partial charge on any atom is 2.00 e. The van der Waals surface area contributed by atoms with Crippen molar-refractivity contribution in [2.24, 2.45) is 9.98 Å². The second kappa shape index (κ2) is 9.79. The van der Waals surface area contributed by atoms with Gasteiger partial charge in [0.2, 0.25) is 0 Å². The zero-order chi connectivity index (χ0) is 15.8. The minimum Gasteiger partial charge on any atom is -0.872 e. The summed E-state index contributed by atoms with van der Waals surface area (Å²) in [6.07, 6.45) is 2.13. The Labute approximate surface area is 145 Å². The van der Waals surface area contributed by atoms with Crippen molar-refractivity contribution in [2.45, 2.75) is 6.10 Å². The molecular weight excluding hydrogens is 344 g/mol. The molecule has 0 atom stereocenters. The molecule has 123 valence electrons. The summed E-state index contributed by atoms with van der Waals surface area (Å²) in [6, 6.07) is 13.1. The maximum absolute atomic E-state index is 11.4. The van der Waals surface area contributed by atoms with E-state index in [2.05, 4.69) is 9.98 Å². The molecule has 0 aliphatic heterocycles. The first-order valence-electron chi connectivity index (χ1n) is 6.86. The van der Waals surface area contributed by atoms with E-state index in [0.717, 1.165) is 0 Å². The predicted molar refractivity (Wildman–Crippen MR) is 82.7 cm³/mol. The quantitative estimate of drug-likeness (QED) is 0.609. The van der Waals surface area contributed by atoms with Crippen molar-refractivity contribution < 1.29 is 32.4 Å². The van der Waals surface area contributed by atoms with Crippen LogP contribution in [-0.2, 0) is 17.1 Å². The smallest absolute Gasteiger partial charge is 0.872 e. The Balaban J connectivity index is 0.00000264. The molecule has 1 N–H and O–H groups in total. The first-order chi connectivity index (χ1) is 10.7. The van der Waals surface area contributed by atoms with Crippen molar-refractivity contribution in [2.75, 3.05) is 13.1 Å². The molecule has 1 radical (unpaired) electrons. The van der Waals surface area contributed by atoms with Gasteiger partial charge in [0, 0.05) is 12.4 Å². The van der Waals surface area contributed by atoms with Gasteiger partial charge in [0.05, 0.1) is 19.2 Å². The average molecular weight is 360 g/mol. The second-order valence-corrected chi connectivity index (χ2v) is 4.72. The van der Waals surface area contributed by atoms with Crippen LogP contribution in [0, 0.1) is 0 Å². The van der Waals surface area contributed by atoms with Crippen LogP contribution in [0.2, 0.25) is 0 Å². The van der Waals surface area contributed by atoms with E-state index in [0.29, 0.717) is 11.1 Å². The van der Waals surface area contributed by atoms with Crippen LogP contribution in [0.3, 0.4) is 0 Å². The molecule has 6 heteroatoms. The van der Waals surface area contributed by atoms with Gasteiger partial charge in [0.15, 0.2) is 0 Å².